The zero-order chi connectivity index (χ0) is 7.49. The third-order valence-electron chi connectivity index (χ3n) is 1.07. The van der Waals surface area contributed by atoms with Gasteiger partial charge in [-0.2, -0.15) is 0 Å². The normalized spacial score (nSPS) is 17.8. The summed E-state index contributed by atoms with van der Waals surface area (Å²) in [6, 6.07) is 0. The van der Waals surface area contributed by atoms with Crippen LogP contribution in [0.25, 0.3) is 0 Å². The molecule has 0 aromatic rings. The van der Waals surface area contributed by atoms with Gasteiger partial charge in [0.05, 0.1) is 0 Å². The molecule has 0 aliphatic rings. The molecule has 0 saturated carbocycles. The van der Waals surface area contributed by atoms with Crippen LogP contribution in [0.5, 0.6) is 0 Å². The first-order valence-corrected chi connectivity index (χ1v) is 5.11. The lowest BCUT2D eigenvalue weighted by Gasteiger charge is -2.05. The van der Waals surface area contributed by atoms with E-state index < -0.39 is 9.73 Å². The van der Waals surface area contributed by atoms with Crippen LogP contribution in [-0.2, 0) is 9.73 Å². The van der Waals surface area contributed by atoms with Crippen molar-refractivity contribution in [3.05, 3.63) is 0 Å². The molecule has 0 unspecified atom stereocenters. The Labute approximate surface area is 57.6 Å². The van der Waals surface area contributed by atoms with Crippen LogP contribution in [0, 0.1) is 10.7 Å². The summed E-state index contributed by atoms with van der Waals surface area (Å²) in [6.45, 7) is 5.78. The first kappa shape index (κ1) is 8.95. The van der Waals surface area contributed by atoms with Crippen molar-refractivity contribution in [1.29, 1.82) is 4.78 Å². The number of nitrogens with one attached hydrogen (secondary N) is 1. The fourth-order valence-electron chi connectivity index (χ4n) is 0.656. The highest BCUT2D eigenvalue weighted by Crippen LogP contribution is 2.00. The van der Waals surface area contributed by atoms with Crippen LogP contribution in [0.4, 0.5) is 0 Å². The predicted octanol–water partition coefficient (Wildman–Crippen LogP) is 1.71. The minimum Gasteiger partial charge on any atom is -0.253 e. The molecule has 0 radical (unpaired) electrons. The number of rotatable bonds is 3. The molecule has 0 aromatic carbocycles. The van der Waals surface area contributed by atoms with E-state index in [1.807, 2.05) is 13.8 Å². The lowest BCUT2D eigenvalue weighted by atomic mass is 10.3. The van der Waals surface area contributed by atoms with Gasteiger partial charge in [0, 0.05) is 21.2 Å². The van der Waals surface area contributed by atoms with Gasteiger partial charge < -0.3 is 0 Å². The molecule has 0 amide bonds. The standard InChI is InChI=1S/C6H15NOS/c1-4-9(7,8)5-6(2)3/h6-7H,4-5H2,1-3H3/t9-/m1/s1. The molecule has 9 heavy (non-hydrogen) atoms. The van der Waals surface area contributed by atoms with Crippen molar-refractivity contribution in [3.63, 3.8) is 0 Å². The minimum atomic E-state index is -2.22. The second kappa shape index (κ2) is 3.20. The first-order valence-electron chi connectivity index (χ1n) is 3.22. The summed E-state index contributed by atoms with van der Waals surface area (Å²) in [4.78, 5) is 0. The molecule has 56 valence electrons. The zero-order valence-electron chi connectivity index (χ0n) is 6.31. The van der Waals surface area contributed by atoms with Crippen LogP contribution in [0.15, 0.2) is 0 Å². The van der Waals surface area contributed by atoms with E-state index in [2.05, 4.69) is 0 Å². The Hall–Kier alpha value is -0.0500. The lowest BCUT2D eigenvalue weighted by Crippen LogP contribution is -2.11. The number of hydrogen-bond acceptors (Lipinski definition) is 2. The second-order valence-electron chi connectivity index (χ2n) is 2.66. The van der Waals surface area contributed by atoms with Crippen LogP contribution in [-0.4, -0.2) is 15.7 Å². The van der Waals surface area contributed by atoms with Crippen molar-refractivity contribution < 1.29 is 4.21 Å². The molecule has 2 nitrogen and oxygen atoms in total. The van der Waals surface area contributed by atoms with Gasteiger partial charge in [0.1, 0.15) is 0 Å². The molecule has 0 saturated heterocycles. The van der Waals surface area contributed by atoms with Crippen molar-refractivity contribution in [2.24, 2.45) is 5.92 Å². The van der Waals surface area contributed by atoms with E-state index in [0.717, 1.165) is 0 Å². The molecule has 0 bridgehead atoms. The van der Waals surface area contributed by atoms with Gasteiger partial charge in [0.15, 0.2) is 0 Å². The Kier molecular flexibility index (Phi) is 3.18. The molecule has 0 aliphatic carbocycles. The third-order valence-corrected chi connectivity index (χ3v) is 3.21. The average molecular weight is 149 g/mol. The van der Waals surface area contributed by atoms with E-state index in [0.29, 0.717) is 17.4 Å². The molecule has 0 aromatic heterocycles. The highest BCUT2D eigenvalue weighted by molar-refractivity contribution is 7.92. The first-order chi connectivity index (χ1) is 3.98. The van der Waals surface area contributed by atoms with Crippen LogP contribution in [0.2, 0.25) is 0 Å². The second-order valence-corrected chi connectivity index (χ2v) is 5.20. The van der Waals surface area contributed by atoms with Crippen LogP contribution >= 0.6 is 0 Å². The van der Waals surface area contributed by atoms with Crippen molar-refractivity contribution in [1.82, 2.24) is 0 Å². The van der Waals surface area contributed by atoms with Crippen molar-refractivity contribution >= 4 is 9.73 Å². The van der Waals surface area contributed by atoms with Gasteiger partial charge in [-0.3, -0.25) is 4.78 Å². The molecule has 0 aliphatic heterocycles. The predicted molar refractivity (Wildman–Crippen MR) is 41.1 cm³/mol. The van der Waals surface area contributed by atoms with Crippen molar-refractivity contribution in [3.8, 4) is 0 Å². The average Bonchev–Trinajstić information content (AvgIpc) is 1.63. The third kappa shape index (κ3) is 4.45. The summed E-state index contributed by atoms with van der Waals surface area (Å²) < 4.78 is 18.3. The molecular weight excluding hydrogens is 134 g/mol. The van der Waals surface area contributed by atoms with E-state index >= 15 is 0 Å². The van der Waals surface area contributed by atoms with Gasteiger partial charge in [0.2, 0.25) is 0 Å². The molecule has 0 rings (SSSR count). The fraction of sp³-hybridized carbons (Fsp3) is 1.00. The van der Waals surface area contributed by atoms with Gasteiger partial charge in [-0.1, -0.05) is 20.8 Å². The summed E-state index contributed by atoms with van der Waals surface area (Å²) in [7, 11) is -2.22. The Morgan fingerprint density at radius 1 is 1.56 bits per heavy atom. The van der Waals surface area contributed by atoms with Gasteiger partial charge in [0.25, 0.3) is 0 Å². The Morgan fingerprint density at radius 3 is 2.11 bits per heavy atom. The maximum absolute atomic E-state index is 11.0. The zero-order valence-corrected chi connectivity index (χ0v) is 7.12. The molecule has 1 N–H and O–H groups in total. The SMILES string of the molecule is CC[S@@](=N)(=O)CC(C)C. The summed E-state index contributed by atoms with van der Waals surface area (Å²) >= 11 is 0. The minimum absolute atomic E-state index is 0.384. The van der Waals surface area contributed by atoms with Crippen LogP contribution in [0.1, 0.15) is 20.8 Å². The van der Waals surface area contributed by atoms with E-state index in [1.54, 1.807) is 6.92 Å². The topological polar surface area (TPSA) is 40.9 Å². The fourth-order valence-corrected chi connectivity index (χ4v) is 1.97. The van der Waals surface area contributed by atoms with E-state index in [-0.39, 0.29) is 0 Å². The Morgan fingerprint density at radius 2 is 2.00 bits per heavy atom. The Bertz CT molecular complexity index is 158. The summed E-state index contributed by atoms with van der Waals surface area (Å²) in [5.74, 6) is 1.42. The lowest BCUT2D eigenvalue weighted by molar-refractivity contribution is 0.656. The maximum Gasteiger partial charge on any atom is 0.0441 e. The van der Waals surface area contributed by atoms with Gasteiger partial charge in [-0.25, -0.2) is 4.21 Å². The van der Waals surface area contributed by atoms with E-state index in [4.69, 9.17) is 4.78 Å². The summed E-state index contributed by atoms with van der Waals surface area (Å²) in [5.41, 5.74) is 0. The molecule has 0 spiro atoms. The van der Waals surface area contributed by atoms with Crippen molar-refractivity contribution in [2.75, 3.05) is 11.5 Å². The summed E-state index contributed by atoms with van der Waals surface area (Å²) in [6.07, 6.45) is 0. The van der Waals surface area contributed by atoms with Gasteiger partial charge in [-0.05, 0) is 5.92 Å². The smallest absolute Gasteiger partial charge is 0.0441 e. The van der Waals surface area contributed by atoms with Crippen LogP contribution in [0.3, 0.4) is 0 Å². The number of hydrogen-bond donors (Lipinski definition) is 1. The van der Waals surface area contributed by atoms with E-state index in [1.165, 1.54) is 0 Å². The summed E-state index contributed by atoms with van der Waals surface area (Å²) in [5, 5.41) is 0. The Balaban J connectivity index is 3.90. The maximum atomic E-state index is 11.0. The molecule has 0 heterocycles. The molecule has 3 heteroatoms. The largest absolute Gasteiger partial charge is 0.253 e. The van der Waals surface area contributed by atoms with Gasteiger partial charge in [-0.15, -0.1) is 0 Å². The van der Waals surface area contributed by atoms with Gasteiger partial charge >= 0.3 is 0 Å². The highest BCUT2D eigenvalue weighted by Gasteiger charge is 2.04. The quantitative estimate of drug-likeness (QED) is 0.652. The van der Waals surface area contributed by atoms with Crippen molar-refractivity contribution in [2.45, 2.75) is 20.8 Å². The molecule has 0 fully saturated rings. The monoisotopic (exact) mass is 149 g/mol. The van der Waals surface area contributed by atoms with Crippen LogP contribution < -0.4 is 0 Å². The highest BCUT2D eigenvalue weighted by atomic mass is 32.2. The molecule has 1 atom stereocenters. The molecular formula is C6H15NOS. The van der Waals surface area contributed by atoms with E-state index in [9.17, 15) is 4.21 Å².